The summed E-state index contributed by atoms with van der Waals surface area (Å²) in [5, 5.41) is 18.6. The van der Waals surface area contributed by atoms with Gasteiger partial charge in [-0.25, -0.2) is 0 Å². The standard InChI is InChI=1S/C15H20N2O2/c1-4-17(3)14-8-6-12(7-9-14)10-13(11-16)15(18)19-5-2/h6-10,15,18H,4-5H2,1-3H3/b13-10+. The molecule has 0 aliphatic rings. The summed E-state index contributed by atoms with van der Waals surface area (Å²) in [4.78, 5) is 2.12. The number of ether oxygens (including phenoxy) is 1. The first kappa shape index (κ1) is 15.2. The number of nitrogens with zero attached hydrogens (tertiary/aromatic N) is 2. The number of benzene rings is 1. The molecule has 0 amide bonds. The average Bonchev–Trinajstić information content (AvgIpc) is 2.44. The van der Waals surface area contributed by atoms with Gasteiger partial charge in [0, 0.05) is 25.9 Å². The fourth-order valence-electron chi connectivity index (χ4n) is 1.59. The van der Waals surface area contributed by atoms with Gasteiger partial charge >= 0.3 is 0 Å². The molecule has 1 aromatic rings. The maximum absolute atomic E-state index is 9.63. The van der Waals surface area contributed by atoms with E-state index in [2.05, 4.69) is 11.8 Å². The highest BCUT2D eigenvalue weighted by molar-refractivity contribution is 5.60. The summed E-state index contributed by atoms with van der Waals surface area (Å²) in [7, 11) is 2.02. The lowest BCUT2D eigenvalue weighted by atomic mass is 10.1. The van der Waals surface area contributed by atoms with E-state index in [0.717, 1.165) is 17.8 Å². The molecule has 0 spiro atoms. The first-order valence-electron chi connectivity index (χ1n) is 6.34. The number of aliphatic hydroxyl groups is 1. The van der Waals surface area contributed by atoms with Crippen LogP contribution in [-0.2, 0) is 4.74 Å². The van der Waals surface area contributed by atoms with E-state index >= 15 is 0 Å². The molecule has 4 nitrogen and oxygen atoms in total. The minimum atomic E-state index is -1.16. The molecule has 0 aliphatic carbocycles. The van der Waals surface area contributed by atoms with Crippen molar-refractivity contribution >= 4 is 11.8 Å². The number of hydrogen-bond acceptors (Lipinski definition) is 4. The molecule has 0 aliphatic heterocycles. The SMILES string of the molecule is CCOC(O)/C(C#N)=C/c1ccc(N(C)CC)cc1. The first-order chi connectivity index (χ1) is 9.12. The zero-order valence-electron chi connectivity index (χ0n) is 11.6. The van der Waals surface area contributed by atoms with Crippen LogP contribution in [0.25, 0.3) is 6.08 Å². The first-order valence-corrected chi connectivity index (χ1v) is 6.34. The minimum absolute atomic E-state index is 0.207. The molecule has 1 unspecified atom stereocenters. The van der Waals surface area contributed by atoms with E-state index in [-0.39, 0.29) is 5.57 Å². The third-order valence-corrected chi connectivity index (χ3v) is 2.85. The van der Waals surface area contributed by atoms with Gasteiger partial charge in [0.25, 0.3) is 0 Å². The fourth-order valence-corrected chi connectivity index (χ4v) is 1.59. The van der Waals surface area contributed by atoms with Crippen LogP contribution in [-0.4, -0.2) is 31.6 Å². The highest BCUT2D eigenvalue weighted by atomic mass is 16.6. The number of hydrogen-bond donors (Lipinski definition) is 1. The summed E-state index contributed by atoms with van der Waals surface area (Å²) in [6, 6.07) is 9.75. The smallest absolute Gasteiger partial charge is 0.191 e. The number of rotatable bonds is 6. The second-order valence-corrected chi connectivity index (χ2v) is 4.12. The molecule has 0 bridgehead atoms. The Balaban J connectivity index is 2.88. The van der Waals surface area contributed by atoms with Gasteiger partial charge in [0.15, 0.2) is 6.29 Å². The van der Waals surface area contributed by atoms with E-state index in [4.69, 9.17) is 10.00 Å². The molecule has 1 aromatic carbocycles. The van der Waals surface area contributed by atoms with Crippen molar-refractivity contribution in [1.29, 1.82) is 5.26 Å². The Morgan fingerprint density at radius 3 is 2.53 bits per heavy atom. The van der Waals surface area contributed by atoms with E-state index in [9.17, 15) is 5.11 Å². The lowest BCUT2D eigenvalue weighted by molar-refractivity contribution is -0.0634. The van der Waals surface area contributed by atoms with E-state index in [1.807, 2.05) is 37.4 Å². The van der Waals surface area contributed by atoms with Crippen molar-refractivity contribution in [3.05, 3.63) is 35.4 Å². The zero-order chi connectivity index (χ0) is 14.3. The van der Waals surface area contributed by atoms with Gasteiger partial charge in [-0.1, -0.05) is 12.1 Å². The van der Waals surface area contributed by atoms with E-state index in [1.54, 1.807) is 13.0 Å². The van der Waals surface area contributed by atoms with Crippen LogP contribution in [0.5, 0.6) is 0 Å². The molecule has 0 radical (unpaired) electrons. The predicted octanol–water partition coefficient (Wildman–Crippen LogP) is 2.40. The Bertz CT molecular complexity index is 460. The van der Waals surface area contributed by atoms with Crippen LogP contribution in [0.1, 0.15) is 19.4 Å². The summed E-state index contributed by atoms with van der Waals surface area (Å²) in [6.07, 6.45) is 0.476. The van der Waals surface area contributed by atoms with Crippen LogP contribution in [0.15, 0.2) is 29.8 Å². The van der Waals surface area contributed by atoms with Crippen molar-refractivity contribution in [3.63, 3.8) is 0 Å². The van der Waals surface area contributed by atoms with Gasteiger partial charge in [-0.3, -0.25) is 0 Å². The maximum atomic E-state index is 9.63. The molecule has 4 heteroatoms. The highest BCUT2D eigenvalue weighted by Crippen LogP contribution is 2.16. The summed E-state index contributed by atoms with van der Waals surface area (Å²) < 4.78 is 5.00. The Labute approximate surface area is 114 Å². The summed E-state index contributed by atoms with van der Waals surface area (Å²) in [5.41, 5.74) is 2.19. The zero-order valence-corrected chi connectivity index (χ0v) is 11.6. The third-order valence-electron chi connectivity index (χ3n) is 2.85. The van der Waals surface area contributed by atoms with Crippen LogP contribution >= 0.6 is 0 Å². The van der Waals surface area contributed by atoms with Crippen molar-refractivity contribution in [3.8, 4) is 6.07 Å². The number of aliphatic hydroxyl groups excluding tert-OH is 1. The molecule has 0 saturated heterocycles. The third kappa shape index (κ3) is 4.40. The number of nitriles is 1. The van der Waals surface area contributed by atoms with Gasteiger partial charge < -0.3 is 14.7 Å². The number of anilines is 1. The average molecular weight is 260 g/mol. The summed E-state index contributed by atoms with van der Waals surface area (Å²) in [5.74, 6) is 0. The lowest BCUT2D eigenvalue weighted by Crippen LogP contribution is -2.15. The molecule has 1 rings (SSSR count). The van der Waals surface area contributed by atoms with Crippen molar-refractivity contribution in [2.75, 3.05) is 25.1 Å². The Morgan fingerprint density at radius 2 is 2.05 bits per heavy atom. The van der Waals surface area contributed by atoms with Gasteiger partial charge in [-0.2, -0.15) is 5.26 Å². The van der Waals surface area contributed by atoms with Gasteiger partial charge in [0.05, 0.1) is 5.57 Å². The van der Waals surface area contributed by atoms with Crippen LogP contribution in [0.4, 0.5) is 5.69 Å². The second kappa shape index (κ2) is 7.57. The molecule has 1 atom stereocenters. The second-order valence-electron chi connectivity index (χ2n) is 4.12. The van der Waals surface area contributed by atoms with Crippen LogP contribution in [0.2, 0.25) is 0 Å². The molecule has 0 aromatic heterocycles. The molecular formula is C15H20N2O2. The minimum Gasteiger partial charge on any atom is -0.375 e. The molecule has 0 fully saturated rings. The van der Waals surface area contributed by atoms with Crippen LogP contribution < -0.4 is 4.90 Å². The predicted molar refractivity (Wildman–Crippen MR) is 76.6 cm³/mol. The molecule has 1 N–H and O–H groups in total. The molecule has 0 saturated carbocycles. The van der Waals surface area contributed by atoms with Gasteiger partial charge in [-0.05, 0) is 37.6 Å². The highest BCUT2D eigenvalue weighted by Gasteiger charge is 2.09. The van der Waals surface area contributed by atoms with E-state index in [0.29, 0.717) is 6.61 Å². The topological polar surface area (TPSA) is 56.5 Å². The summed E-state index contributed by atoms with van der Waals surface area (Å²) in [6.45, 7) is 5.15. The largest absolute Gasteiger partial charge is 0.375 e. The Kier molecular flexibility index (Phi) is 6.07. The van der Waals surface area contributed by atoms with Gasteiger partial charge in [0.1, 0.15) is 6.07 Å². The van der Waals surface area contributed by atoms with Gasteiger partial charge in [0.2, 0.25) is 0 Å². The molecular weight excluding hydrogens is 240 g/mol. The Hall–Kier alpha value is -1.83. The molecule has 0 heterocycles. The van der Waals surface area contributed by atoms with Crippen molar-refractivity contribution < 1.29 is 9.84 Å². The van der Waals surface area contributed by atoms with Gasteiger partial charge in [-0.15, -0.1) is 0 Å². The molecule has 19 heavy (non-hydrogen) atoms. The molecule has 102 valence electrons. The fraction of sp³-hybridized carbons (Fsp3) is 0.400. The normalized spacial score (nSPS) is 12.9. The van der Waals surface area contributed by atoms with Crippen LogP contribution in [0.3, 0.4) is 0 Å². The quantitative estimate of drug-likeness (QED) is 0.630. The monoisotopic (exact) mass is 260 g/mol. The summed E-state index contributed by atoms with van der Waals surface area (Å²) >= 11 is 0. The van der Waals surface area contributed by atoms with Crippen molar-refractivity contribution in [2.24, 2.45) is 0 Å². The van der Waals surface area contributed by atoms with Crippen molar-refractivity contribution in [2.45, 2.75) is 20.1 Å². The van der Waals surface area contributed by atoms with E-state index < -0.39 is 6.29 Å². The van der Waals surface area contributed by atoms with Crippen LogP contribution in [0, 0.1) is 11.3 Å². The van der Waals surface area contributed by atoms with E-state index in [1.165, 1.54) is 0 Å². The lowest BCUT2D eigenvalue weighted by Gasteiger charge is -2.16. The Morgan fingerprint density at radius 1 is 1.42 bits per heavy atom. The van der Waals surface area contributed by atoms with Crippen molar-refractivity contribution in [1.82, 2.24) is 0 Å². The maximum Gasteiger partial charge on any atom is 0.191 e.